The Balaban J connectivity index is 2.43. The summed E-state index contributed by atoms with van der Waals surface area (Å²) >= 11 is 6.08. The quantitative estimate of drug-likeness (QED) is 0.690. The van der Waals surface area contributed by atoms with Crippen molar-refractivity contribution in [3.05, 3.63) is 53.9 Å². The number of hydrogen-bond donors (Lipinski definition) is 0. The van der Waals surface area contributed by atoms with Crippen molar-refractivity contribution in [1.82, 2.24) is 4.98 Å². The predicted octanol–water partition coefficient (Wildman–Crippen LogP) is 5.07. The first-order chi connectivity index (χ1) is 9.76. The molecule has 0 unspecified atom stereocenters. The second kappa shape index (κ2) is 7.30. The van der Waals surface area contributed by atoms with E-state index in [0.717, 1.165) is 24.2 Å². The van der Waals surface area contributed by atoms with E-state index in [-0.39, 0.29) is 0 Å². The number of rotatable bonds is 6. The van der Waals surface area contributed by atoms with Crippen molar-refractivity contribution in [2.45, 2.75) is 32.6 Å². The number of alkyl halides is 1. The van der Waals surface area contributed by atoms with Crippen molar-refractivity contribution in [3.8, 4) is 0 Å². The van der Waals surface area contributed by atoms with Crippen LogP contribution in [-0.4, -0.2) is 11.5 Å². The minimum Gasteiger partial charge on any atom is -0.341 e. The Kier molecular flexibility index (Phi) is 5.42. The highest BCUT2D eigenvalue weighted by Crippen LogP contribution is 2.30. The molecule has 0 atom stereocenters. The molecule has 0 saturated carbocycles. The third-order valence-corrected chi connectivity index (χ3v) is 3.62. The lowest BCUT2D eigenvalue weighted by atomic mass is 10.1. The number of para-hydroxylation sites is 1. The molecule has 106 valence electrons. The molecule has 1 heterocycles. The first kappa shape index (κ1) is 14.9. The van der Waals surface area contributed by atoms with Gasteiger partial charge >= 0.3 is 0 Å². The second-order valence-electron chi connectivity index (χ2n) is 4.93. The molecule has 0 amide bonds. The van der Waals surface area contributed by atoms with Gasteiger partial charge in [-0.2, -0.15) is 0 Å². The number of halogens is 1. The van der Waals surface area contributed by atoms with Crippen LogP contribution in [0.3, 0.4) is 0 Å². The number of hydrogen-bond acceptors (Lipinski definition) is 2. The van der Waals surface area contributed by atoms with E-state index in [0.29, 0.717) is 5.88 Å². The number of anilines is 2. The van der Waals surface area contributed by atoms with Gasteiger partial charge in [0.05, 0.1) is 5.88 Å². The Bertz CT molecular complexity index is 540. The van der Waals surface area contributed by atoms with E-state index in [4.69, 9.17) is 11.6 Å². The number of pyridine rings is 1. The van der Waals surface area contributed by atoms with Gasteiger partial charge in [-0.1, -0.05) is 31.5 Å². The largest absolute Gasteiger partial charge is 0.341 e. The first-order valence-electron chi connectivity index (χ1n) is 7.10. The molecule has 2 aromatic rings. The van der Waals surface area contributed by atoms with Crippen LogP contribution in [0.1, 0.15) is 31.0 Å². The van der Waals surface area contributed by atoms with Crippen LogP contribution in [0, 0.1) is 6.92 Å². The van der Waals surface area contributed by atoms with E-state index in [1.54, 1.807) is 0 Å². The maximum absolute atomic E-state index is 6.08. The summed E-state index contributed by atoms with van der Waals surface area (Å²) in [4.78, 5) is 6.70. The Labute approximate surface area is 126 Å². The van der Waals surface area contributed by atoms with E-state index < -0.39 is 0 Å². The lowest BCUT2D eigenvalue weighted by Crippen LogP contribution is -2.20. The maximum Gasteiger partial charge on any atom is 0.0510 e. The van der Waals surface area contributed by atoms with E-state index in [2.05, 4.69) is 47.1 Å². The third-order valence-electron chi connectivity index (χ3n) is 3.34. The van der Waals surface area contributed by atoms with Gasteiger partial charge in [-0.15, -0.1) is 11.6 Å². The molecule has 0 aliphatic rings. The molecule has 1 aromatic heterocycles. The number of aromatic nitrogens is 1. The molecule has 20 heavy (non-hydrogen) atoms. The highest BCUT2D eigenvalue weighted by Gasteiger charge is 2.13. The monoisotopic (exact) mass is 288 g/mol. The van der Waals surface area contributed by atoms with Gasteiger partial charge in [-0.25, -0.2) is 0 Å². The van der Waals surface area contributed by atoms with Gasteiger partial charge in [0.15, 0.2) is 0 Å². The third kappa shape index (κ3) is 3.51. The highest BCUT2D eigenvalue weighted by atomic mass is 35.5. The first-order valence-corrected chi connectivity index (χ1v) is 7.63. The SMILES string of the molecule is CCCCN(c1ccccc1)c1cc(C)ncc1CCl. The topological polar surface area (TPSA) is 16.1 Å². The Morgan fingerprint density at radius 1 is 1.20 bits per heavy atom. The standard InChI is InChI=1S/C17H21ClN2/c1-3-4-10-20(16-8-6-5-7-9-16)17-11-14(2)19-13-15(17)12-18/h5-9,11,13H,3-4,10,12H2,1-2H3. The van der Waals surface area contributed by atoms with E-state index >= 15 is 0 Å². The molecule has 0 radical (unpaired) electrons. The van der Waals surface area contributed by atoms with Gasteiger partial charge in [0.25, 0.3) is 0 Å². The number of aryl methyl sites for hydroxylation is 1. The van der Waals surface area contributed by atoms with E-state index in [1.807, 2.05) is 19.2 Å². The molecular weight excluding hydrogens is 268 g/mol. The zero-order valence-corrected chi connectivity index (χ0v) is 12.9. The number of benzene rings is 1. The molecule has 0 aliphatic heterocycles. The van der Waals surface area contributed by atoms with Crippen molar-refractivity contribution < 1.29 is 0 Å². The van der Waals surface area contributed by atoms with Crippen molar-refractivity contribution in [2.24, 2.45) is 0 Å². The predicted molar refractivity (Wildman–Crippen MR) is 86.9 cm³/mol. The smallest absolute Gasteiger partial charge is 0.0510 e. The van der Waals surface area contributed by atoms with E-state index in [9.17, 15) is 0 Å². The fraction of sp³-hybridized carbons (Fsp3) is 0.353. The molecule has 0 N–H and O–H groups in total. The van der Waals surface area contributed by atoms with Crippen LogP contribution in [0.2, 0.25) is 0 Å². The van der Waals surface area contributed by atoms with Crippen LogP contribution < -0.4 is 4.90 Å². The Hall–Kier alpha value is -1.54. The Morgan fingerprint density at radius 3 is 2.60 bits per heavy atom. The summed E-state index contributed by atoms with van der Waals surface area (Å²) in [7, 11) is 0. The summed E-state index contributed by atoms with van der Waals surface area (Å²) in [6.07, 6.45) is 4.21. The molecule has 3 heteroatoms. The summed E-state index contributed by atoms with van der Waals surface area (Å²) in [5, 5.41) is 0. The Morgan fingerprint density at radius 2 is 1.95 bits per heavy atom. The average Bonchev–Trinajstić information content (AvgIpc) is 2.49. The highest BCUT2D eigenvalue weighted by molar-refractivity contribution is 6.17. The van der Waals surface area contributed by atoms with Gasteiger partial charge in [0.1, 0.15) is 0 Å². The van der Waals surface area contributed by atoms with Gasteiger partial charge in [0.2, 0.25) is 0 Å². The zero-order valence-electron chi connectivity index (χ0n) is 12.1. The lowest BCUT2D eigenvalue weighted by molar-refractivity contribution is 0.783. The van der Waals surface area contributed by atoms with Gasteiger partial charge in [-0.05, 0) is 31.5 Å². The molecule has 0 aliphatic carbocycles. The normalized spacial score (nSPS) is 10.6. The molecule has 0 fully saturated rings. The van der Waals surface area contributed by atoms with Crippen LogP contribution in [0.25, 0.3) is 0 Å². The number of unbranched alkanes of at least 4 members (excludes halogenated alkanes) is 1. The van der Waals surface area contributed by atoms with E-state index in [1.165, 1.54) is 17.8 Å². The molecule has 2 nitrogen and oxygen atoms in total. The molecule has 0 saturated heterocycles. The summed E-state index contributed by atoms with van der Waals surface area (Å²) in [6, 6.07) is 12.6. The van der Waals surface area contributed by atoms with Gasteiger partial charge in [-0.3, -0.25) is 4.98 Å². The van der Waals surface area contributed by atoms with Crippen molar-refractivity contribution in [2.75, 3.05) is 11.4 Å². The maximum atomic E-state index is 6.08. The molecular formula is C17H21ClN2. The summed E-state index contributed by atoms with van der Waals surface area (Å²) in [5.41, 5.74) is 4.48. The molecule has 1 aromatic carbocycles. The van der Waals surface area contributed by atoms with Crippen molar-refractivity contribution in [3.63, 3.8) is 0 Å². The van der Waals surface area contributed by atoms with Crippen LogP contribution >= 0.6 is 11.6 Å². The fourth-order valence-electron chi connectivity index (χ4n) is 2.24. The summed E-state index contributed by atoms with van der Waals surface area (Å²) in [6.45, 7) is 5.22. The fourth-order valence-corrected chi connectivity index (χ4v) is 2.45. The van der Waals surface area contributed by atoms with Crippen LogP contribution in [0.4, 0.5) is 11.4 Å². The zero-order chi connectivity index (χ0) is 14.4. The van der Waals surface area contributed by atoms with Gasteiger partial charge < -0.3 is 4.90 Å². The van der Waals surface area contributed by atoms with Crippen LogP contribution in [0.5, 0.6) is 0 Å². The average molecular weight is 289 g/mol. The van der Waals surface area contributed by atoms with Crippen molar-refractivity contribution >= 4 is 23.0 Å². The van der Waals surface area contributed by atoms with Crippen LogP contribution in [-0.2, 0) is 5.88 Å². The lowest BCUT2D eigenvalue weighted by Gasteiger charge is -2.27. The van der Waals surface area contributed by atoms with Crippen molar-refractivity contribution in [1.29, 1.82) is 0 Å². The second-order valence-corrected chi connectivity index (χ2v) is 5.20. The molecule has 2 rings (SSSR count). The number of nitrogens with zero attached hydrogens (tertiary/aromatic N) is 2. The summed E-state index contributed by atoms with van der Waals surface area (Å²) < 4.78 is 0. The van der Waals surface area contributed by atoms with Gasteiger partial charge in [0, 0.05) is 35.4 Å². The summed E-state index contributed by atoms with van der Waals surface area (Å²) in [5.74, 6) is 0.484. The van der Waals surface area contributed by atoms with Crippen LogP contribution in [0.15, 0.2) is 42.6 Å². The molecule has 0 spiro atoms. The minimum atomic E-state index is 0.484. The minimum absolute atomic E-state index is 0.484. The molecule has 0 bridgehead atoms.